The minimum absolute atomic E-state index is 0.114. The SMILES string of the molecule is CCOC(=O)c1ccc2[nH]c3ncnc(O)c3c2c1. The molecule has 6 heteroatoms. The smallest absolute Gasteiger partial charge is 0.338 e. The highest BCUT2D eigenvalue weighted by Gasteiger charge is 2.13. The number of H-pyrrole nitrogens is 1. The first-order chi connectivity index (χ1) is 9.20. The van der Waals surface area contributed by atoms with Crippen LogP contribution in [0.25, 0.3) is 21.9 Å². The highest BCUT2D eigenvalue weighted by Crippen LogP contribution is 2.30. The van der Waals surface area contributed by atoms with Gasteiger partial charge in [0.2, 0.25) is 5.88 Å². The number of nitrogens with zero attached hydrogens (tertiary/aromatic N) is 2. The Hall–Kier alpha value is -2.63. The van der Waals surface area contributed by atoms with Crippen LogP contribution in [0.4, 0.5) is 0 Å². The van der Waals surface area contributed by atoms with Crippen molar-refractivity contribution in [2.45, 2.75) is 6.92 Å². The third kappa shape index (κ3) is 1.77. The van der Waals surface area contributed by atoms with Crippen LogP contribution >= 0.6 is 0 Å². The molecule has 0 amide bonds. The summed E-state index contributed by atoms with van der Waals surface area (Å²) in [4.78, 5) is 22.6. The molecule has 0 atom stereocenters. The van der Waals surface area contributed by atoms with Gasteiger partial charge >= 0.3 is 5.97 Å². The quantitative estimate of drug-likeness (QED) is 0.685. The van der Waals surface area contributed by atoms with Crippen LogP contribution in [0, 0.1) is 0 Å². The highest BCUT2D eigenvalue weighted by atomic mass is 16.5. The molecule has 2 heterocycles. The molecule has 96 valence electrons. The number of fused-ring (bicyclic) bond motifs is 3. The molecule has 0 bridgehead atoms. The van der Waals surface area contributed by atoms with Gasteiger partial charge in [-0.25, -0.2) is 14.8 Å². The molecule has 0 saturated heterocycles. The Balaban J connectivity index is 2.26. The van der Waals surface area contributed by atoms with E-state index in [9.17, 15) is 9.90 Å². The van der Waals surface area contributed by atoms with E-state index in [0.29, 0.717) is 28.6 Å². The largest absolute Gasteiger partial charge is 0.493 e. The van der Waals surface area contributed by atoms with Crippen molar-refractivity contribution in [2.75, 3.05) is 6.61 Å². The summed E-state index contributed by atoms with van der Waals surface area (Å²) < 4.78 is 4.95. The number of carbonyl (C=O) groups excluding carboxylic acids is 1. The minimum atomic E-state index is -0.393. The summed E-state index contributed by atoms with van der Waals surface area (Å²) in [5.41, 5.74) is 1.74. The van der Waals surface area contributed by atoms with Gasteiger partial charge in [-0.3, -0.25) is 0 Å². The van der Waals surface area contributed by atoms with Gasteiger partial charge in [0, 0.05) is 10.9 Å². The second-order valence-corrected chi connectivity index (χ2v) is 4.03. The van der Waals surface area contributed by atoms with Crippen LogP contribution < -0.4 is 0 Å². The van der Waals surface area contributed by atoms with Crippen molar-refractivity contribution < 1.29 is 14.6 Å². The van der Waals surface area contributed by atoms with Crippen LogP contribution in [-0.2, 0) is 4.74 Å². The van der Waals surface area contributed by atoms with E-state index in [-0.39, 0.29) is 5.88 Å². The van der Waals surface area contributed by atoms with Gasteiger partial charge in [0.1, 0.15) is 12.0 Å². The summed E-state index contributed by atoms with van der Waals surface area (Å²) in [5.74, 6) is -0.507. The summed E-state index contributed by atoms with van der Waals surface area (Å²) in [6.07, 6.45) is 1.28. The summed E-state index contributed by atoms with van der Waals surface area (Å²) in [7, 11) is 0. The van der Waals surface area contributed by atoms with Crippen molar-refractivity contribution in [3.63, 3.8) is 0 Å². The first-order valence-electron chi connectivity index (χ1n) is 5.83. The maximum absolute atomic E-state index is 11.7. The molecule has 0 unspecified atom stereocenters. The number of hydrogen-bond donors (Lipinski definition) is 2. The van der Waals surface area contributed by atoms with Gasteiger partial charge in [0.15, 0.2) is 0 Å². The molecule has 0 radical (unpaired) electrons. The first-order valence-corrected chi connectivity index (χ1v) is 5.83. The van der Waals surface area contributed by atoms with Gasteiger partial charge in [-0.1, -0.05) is 0 Å². The fourth-order valence-electron chi connectivity index (χ4n) is 2.05. The van der Waals surface area contributed by atoms with Gasteiger partial charge in [-0.15, -0.1) is 0 Å². The number of aromatic amines is 1. The van der Waals surface area contributed by atoms with Crippen molar-refractivity contribution in [1.82, 2.24) is 15.0 Å². The molecule has 3 aromatic rings. The monoisotopic (exact) mass is 257 g/mol. The van der Waals surface area contributed by atoms with E-state index in [1.165, 1.54) is 6.33 Å². The molecule has 2 N–H and O–H groups in total. The van der Waals surface area contributed by atoms with Crippen molar-refractivity contribution in [3.8, 4) is 5.88 Å². The number of nitrogens with one attached hydrogen (secondary N) is 1. The summed E-state index contributed by atoms with van der Waals surface area (Å²) in [6.45, 7) is 2.07. The Bertz CT molecular complexity index is 779. The van der Waals surface area contributed by atoms with Crippen molar-refractivity contribution >= 4 is 27.9 Å². The normalized spacial score (nSPS) is 11.0. The maximum atomic E-state index is 11.7. The number of hydrogen-bond acceptors (Lipinski definition) is 5. The standard InChI is InChI=1S/C13H11N3O3/c1-2-19-13(18)7-3-4-9-8(5-7)10-11(16-9)14-6-15-12(10)17/h3-6H,2H2,1H3,(H2,14,15,16,17). The summed E-state index contributed by atoms with van der Waals surface area (Å²) >= 11 is 0. The Morgan fingerprint density at radius 1 is 1.42 bits per heavy atom. The molecule has 1 aromatic carbocycles. The molecule has 19 heavy (non-hydrogen) atoms. The lowest BCUT2D eigenvalue weighted by Gasteiger charge is -2.01. The van der Waals surface area contributed by atoms with E-state index in [1.54, 1.807) is 25.1 Å². The lowest BCUT2D eigenvalue weighted by molar-refractivity contribution is 0.0526. The third-order valence-corrected chi connectivity index (χ3v) is 2.88. The van der Waals surface area contributed by atoms with Gasteiger partial charge in [0.25, 0.3) is 0 Å². The summed E-state index contributed by atoms with van der Waals surface area (Å²) in [5, 5.41) is 11.0. The molecule has 0 fully saturated rings. The van der Waals surface area contributed by atoms with Crippen LogP contribution in [0.15, 0.2) is 24.5 Å². The van der Waals surface area contributed by atoms with Crippen LogP contribution in [0.1, 0.15) is 17.3 Å². The fourth-order valence-corrected chi connectivity index (χ4v) is 2.05. The predicted molar refractivity (Wildman–Crippen MR) is 69.0 cm³/mol. The van der Waals surface area contributed by atoms with Gasteiger partial charge in [0.05, 0.1) is 17.6 Å². The molecule has 0 aliphatic rings. The van der Waals surface area contributed by atoms with Crippen LogP contribution in [0.5, 0.6) is 5.88 Å². The molecule has 6 nitrogen and oxygen atoms in total. The molecule has 2 aromatic heterocycles. The average molecular weight is 257 g/mol. The number of rotatable bonds is 2. The molecular weight excluding hydrogens is 246 g/mol. The van der Waals surface area contributed by atoms with E-state index >= 15 is 0 Å². The zero-order chi connectivity index (χ0) is 13.4. The molecular formula is C13H11N3O3. The van der Waals surface area contributed by atoms with E-state index in [0.717, 1.165) is 5.52 Å². The fraction of sp³-hybridized carbons (Fsp3) is 0.154. The second-order valence-electron chi connectivity index (χ2n) is 4.03. The van der Waals surface area contributed by atoms with Gasteiger partial charge < -0.3 is 14.8 Å². The Labute approximate surface area is 108 Å². The number of benzene rings is 1. The minimum Gasteiger partial charge on any atom is -0.493 e. The van der Waals surface area contributed by atoms with Crippen molar-refractivity contribution in [1.29, 1.82) is 0 Å². The predicted octanol–water partition coefficient (Wildman–Crippen LogP) is 1.99. The van der Waals surface area contributed by atoms with E-state index in [4.69, 9.17) is 4.74 Å². The molecule has 3 rings (SSSR count). The van der Waals surface area contributed by atoms with E-state index < -0.39 is 5.97 Å². The number of carbonyl (C=O) groups is 1. The Kier molecular flexibility index (Phi) is 2.56. The molecule has 0 aliphatic heterocycles. The van der Waals surface area contributed by atoms with Crippen LogP contribution in [-0.4, -0.2) is 32.6 Å². The van der Waals surface area contributed by atoms with E-state index in [1.807, 2.05) is 0 Å². The van der Waals surface area contributed by atoms with Crippen LogP contribution in [0.2, 0.25) is 0 Å². The molecule has 0 spiro atoms. The number of ether oxygens (including phenoxy) is 1. The lowest BCUT2D eigenvalue weighted by Crippen LogP contribution is -2.03. The maximum Gasteiger partial charge on any atom is 0.338 e. The third-order valence-electron chi connectivity index (χ3n) is 2.88. The van der Waals surface area contributed by atoms with Crippen molar-refractivity contribution in [2.24, 2.45) is 0 Å². The first kappa shape index (κ1) is 11.5. The molecule has 0 aliphatic carbocycles. The highest BCUT2D eigenvalue weighted by molar-refractivity contribution is 6.10. The lowest BCUT2D eigenvalue weighted by atomic mass is 10.1. The zero-order valence-electron chi connectivity index (χ0n) is 10.2. The number of aromatic nitrogens is 3. The Morgan fingerprint density at radius 3 is 3.05 bits per heavy atom. The Morgan fingerprint density at radius 2 is 2.26 bits per heavy atom. The molecule has 0 saturated carbocycles. The van der Waals surface area contributed by atoms with E-state index in [2.05, 4.69) is 15.0 Å². The summed E-state index contributed by atoms with van der Waals surface area (Å²) in [6, 6.07) is 5.08. The number of esters is 1. The number of aromatic hydroxyl groups is 1. The second kappa shape index (κ2) is 4.24. The van der Waals surface area contributed by atoms with Gasteiger partial charge in [-0.05, 0) is 25.1 Å². The zero-order valence-corrected chi connectivity index (χ0v) is 10.2. The van der Waals surface area contributed by atoms with Crippen molar-refractivity contribution in [3.05, 3.63) is 30.1 Å². The average Bonchev–Trinajstić information content (AvgIpc) is 2.77. The van der Waals surface area contributed by atoms with Crippen LogP contribution in [0.3, 0.4) is 0 Å². The van der Waals surface area contributed by atoms with Gasteiger partial charge in [-0.2, -0.15) is 0 Å². The topological polar surface area (TPSA) is 88.1 Å².